The summed E-state index contributed by atoms with van der Waals surface area (Å²) in [6.45, 7) is 4.15. The number of rotatable bonds is 5. The van der Waals surface area contributed by atoms with Crippen molar-refractivity contribution in [1.29, 1.82) is 0 Å². The summed E-state index contributed by atoms with van der Waals surface area (Å²) >= 11 is 0. The number of piperidine rings is 1. The number of likely N-dealkylation sites (tertiary alicyclic amines) is 1. The molecule has 2 heterocycles. The van der Waals surface area contributed by atoms with Crippen LogP contribution in [0.2, 0.25) is 0 Å². The molecule has 2 N–H and O–H groups in total. The van der Waals surface area contributed by atoms with Crippen LogP contribution in [0.15, 0.2) is 18.3 Å². The molecular weight excluding hydrogens is 226 g/mol. The van der Waals surface area contributed by atoms with Gasteiger partial charge in [-0.25, -0.2) is 4.98 Å². The number of hydrogen-bond acceptors (Lipinski definition) is 4. The van der Waals surface area contributed by atoms with Crippen molar-refractivity contribution in [2.24, 2.45) is 11.7 Å². The molecule has 1 aromatic heterocycles. The summed E-state index contributed by atoms with van der Waals surface area (Å²) in [6, 6.07) is 4.02. The van der Waals surface area contributed by atoms with Gasteiger partial charge in [0.15, 0.2) is 0 Å². The van der Waals surface area contributed by atoms with Crippen LogP contribution < -0.4 is 10.5 Å². The SMILES string of the molecule is COc1ccc(CN2CCCC(CCN)C2)cn1. The molecule has 0 bridgehead atoms. The molecular formula is C14H23N3O. The number of ether oxygens (including phenoxy) is 1. The molecule has 4 heteroatoms. The number of aromatic nitrogens is 1. The fourth-order valence-electron chi connectivity index (χ4n) is 2.65. The minimum Gasteiger partial charge on any atom is -0.481 e. The summed E-state index contributed by atoms with van der Waals surface area (Å²) in [5.41, 5.74) is 6.90. The largest absolute Gasteiger partial charge is 0.481 e. The van der Waals surface area contributed by atoms with E-state index in [1.54, 1.807) is 7.11 Å². The number of nitrogens with two attached hydrogens (primary N) is 1. The lowest BCUT2D eigenvalue weighted by Crippen LogP contribution is -2.35. The second kappa shape index (κ2) is 6.71. The van der Waals surface area contributed by atoms with Gasteiger partial charge in [0.25, 0.3) is 0 Å². The van der Waals surface area contributed by atoms with E-state index in [2.05, 4.69) is 16.0 Å². The Hall–Kier alpha value is -1.13. The lowest BCUT2D eigenvalue weighted by molar-refractivity contribution is 0.163. The molecule has 1 unspecified atom stereocenters. The van der Waals surface area contributed by atoms with E-state index in [0.29, 0.717) is 5.88 Å². The maximum atomic E-state index is 5.65. The Morgan fingerprint density at radius 3 is 3.06 bits per heavy atom. The third-order valence-electron chi connectivity index (χ3n) is 3.59. The molecule has 18 heavy (non-hydrogen) atoms. The van der Waals surface area contributed by atoms with Crippen LogP contribution in [-0.2, 0) is 6.54 Å². The molecule has 4 nitrogen and oxygen atoms in total. The van der Waals surface area contributed by atoms with Gasteiger partial charge in [-0.3, -0.25) is 4.90 Å². The van der Waals surface area contributed by atoms with Gasteiger partial charge < -0.3 is 10.5 Å². The van der Waals surface area contributed by atoms with Crippen LogP contribution in [-0.4, -0.2) is 36.6 Å². The standard InChI is InChI=1S/C14H23N3O/c1-18-14-5-4-13(9-16-14)11-17-8-2-3-12(10-17)6-7-15/h4-5,9,12H,2-3,6-8,10-11,15H2,1H3. The average molecular weight is 249 g/mol. The zero-order chi connectivity index (χ0) is 12.8. The van der Waals surface area contributed by atoms with Gasteiger partial charge in [0.05, 0.1) is 7.11 Å². The van der Waals surface area contributed by atoms with Crippen molar-refractivity contribution in [2.45, 2.75) is 25.8 Å². The average Bonchev–Trinajstić information content (AvgIpc) is 2.40. The summed E-state index contributed by atoms with van der Waals surface area (Å²) in [4.78, 5) is 6.76. The highest BCUT2D eigenvalue weighted by Crippen LogP contribution is 2.20. The van der Waals surface area contributed by atoms with Gasteiger partial charge in [0, 0.05) is 25.4 Å². The normalized spacial score (nSPS) is 20.9. The molecule has 2 rings (SSSR count). The smallest absolute Gasteiger partial charge is 0.212 e. The minimum atomic E-state index is 0.679. The van der Waals surface area contributed by atoms with Crippen molar-refractivity contribution in [3.63, 3.8) is 0 Å². The van der Waals surface area contributed by atoms with E-state index in [0.717, 1.165) is 25.4 Å². The zero-order valence-electron chi connectivity index (χ0n) is 11.1. The van der Waals surface area contributed by atoms with E-state index in [-0.39, 0.29) is 0 Å². The van der Waals surface area contributed by atoms with E-state index >= 15 is 0 Å². The fraction of sp³-hybridized carbons (Fsp3) is 0.643. The maximum Gasteiger partial charge on any atom is 0.212 e. The molecule has 1 atom stereocenters. The van der Waals surface area contributed by atoms with Crippen molar-refractivity contribution in [1.82, 2.24) is 9.88 Å². The van der Waals surface area contributed by atoms with Crippen LogP contribution in [0.3, 0.4) is 0 Å². The molecule has 1 aliphatic rings. The van der Waals surface area contributed by atoms with Crippen LogP contribution in [0.5, 0.6) is 5.88 Å². The third kappa shape index (κ3) is 3.68. The second-order valence-corrected chi connectivity index (χ2v) is 5.03. The zero-order valence-corrected chi connectivity index (χ0v) is 11.1. The molecule has 100 valence electrons. The van der Waals surface area contributed by atoms with Crippen LogP contribution in [0, 0.1) is 5.92 Å². The highest BCUT2D eigenvalue weighted by Gasteiger charge is 2.19. The molecule has 1 aromatic rings. The fourth-order valence-corrected chi connectivity index (χ4v) is 2.65. The molecule has 0 aromatic carbocycles. The molecule has 0 amide bonds. The van der Waals surface area contributed by atoms with Crippen LogP contribution in [0.25, 0.3) is 0 Å². The molecule has 1 aliphatic heterocycles. The van der Waals surface area contributed by atoms with Gasteiger partial charge in [-0.2, -0.15) is 0 Å². The summed E-state index contributed by atoms with van der Waals surface area (Å²) < 4.78 is 5.07. The topological polar surface area (TPSA) is 51.4 Å². The van der Waals surface area contributed by atoms with E-state index in [4.69, 9.17) is 10.5 Å². The van der Waals surface area contributed by atoms with Gasteiger partial charge in [0.1, 0.15) is 0 Å². The van der Waals surface area contributed by atoms with Crippen LogP contribution in [0.4, 0.5) is 0 Å². The minimum absolute atomic E-state index is 0.679. The Bertz CT molecular complexity index is 351. The Balaban J connectivity index is 1.87. The highest BCUT2D eigenvalue weighted by atomic mass is 16.5. The molecule has 1 saturated heterocycles. The molecule has 0 radical (unpaired) electrons. The number of pyridine rings is 1. The van der Waals surface area contributed by atoms with Gasteiger partial charge in [-0.1, -0.05) is 6.07 Å². The molecule has 0 spiro atoms. The van der Waals surface area contributed by atoms with E-state index in [9.17, 15) is 0 Å². The van der Waals surface area contributed by atoms with Crippen molar-refractivity contribution in [3.05, 3.63) is 23.9 Å². The van der Waals surface area contributed by atoms with Gasteiger partial charge in [0.2, 0.25) is 5.88 Å². The van der Waals surface area contributed by atoms with Crippen molar-refractivity contribution >= 4 is 0 Å². The van der Waals surface area contributed by atoms with Gasteiger partial charge in [-0.15, -0.1) is 0 Å². The maximum absolute atomic E-state index is 5.65. The van der Waals surface area contributed by atoms with Crippen molar-refractivity contribution in [3.8, 4) is 5.88 Å². The first-order valence-electron chi connectivity index (χ1n) is 6.73. The third-order valence-corrected chi connectivity index (χ3v) is 3.59. The Kier molecular flexibility index (Phi) is 4.96. The van der Waals surface area contributed by atoms with Gasteiger partial charge in [-0.05, 0) is 43.8 Å². The number of methoxy groups -OCH3 is 1. The van der Waals surface area contributed by atoms with Crippen LogP contribution >= 0.6 is 0 Å². The summed E-state index contributed by atoms with van der Waals surface area (Å²) in [5.74, 6) is 1.45. The predicted octanol–water partition coefficient (Wildman–Crippen LogP) is 1.65. The summed E-state index contributed by atoms with van der Waals surface area (Å²) in [7, 11) is 1.64. The quantitative estimate of drug-likeness (QED) is 0.862. The molecule has 0 aliphatic carbocycles. The van der Waals surface area contributed by atoms with Crippen molar-refractivity contribution in [2.75, 3.05) is 26.7 Å². The predicted molar refractivity (Wildman–Crippen MR) is 72.5 cm³/mol. The first-order chi connectivity index (χ1) is 8.81. The molecule has 1 fully saturated rings. The highest BCUT2D eigenvalue weighted by molar-refractivity contribution is 5.17. The monoisotopic (exact) mass is 249 g/mol. The van der Waals surface area contributed by atoms with Crippen LogP contribution in [0.1, 0.15) is 24.8 Å². The lowest BCUT2D eigenvalue weighted by Gasteiger charge is -2.32. The van der Waals surface area contributed by atoms with Gasteiger partial charge >= 0.3 is 0 Å². The second-order valence-electron chi connectivity index (χ2n) is 5.03. The van der Waals surface area contributed by atoms with Crippen molar-refractivity contribution < 1.29 is 4.74 Å². The first kappa shape index (κ1) is 13.3. The van der Waals surface area contributed by atoms with E-state index in [1.165, 1.54) is 31.5 Å². The summed E-state index contributed by atoms with van der Waals surface area (Å²) in [6.07, 6.45) is 5.67. The lowest BCUT2D eigenvalue weighted by atomic mass is 9.94. The number of nitrogens with zero attached hydrogens (tertiary/aromatic N) is 2. The first-order valence-corrected chi connectivity index (χ1v) is 6.73. The summed E-state index contributed by atoms with van der Waals surface area (Å²) in [5, 5.41) is 0. The molecule has 0 saturated carbocycles. The Morgan fingerprint density at radius 1 is 1.50 bits per heavy atom. The van der Waals surface area contributed by atoms with E-state index < -0.39 is 0 Å². The Labute approximate surface area is 109 Å². The van der Waals surface area contributed by atoms with E-state index in [1.807, 2.05) is 12.3 Å². The number of hydrogen-bond donors (Lipinski definition) is 1. The Morgan fingerprint density at radius 2 is 2.39 bits per heavy atom.